The van der Waals surface area contributed by atoms with Crippen molar-refractivity contribution in [2.75, 3.05) is 25.3 Å². The molecule has 2 aromatic rings. The second kappa shape index (κ2) is 16.0. The zero-order valence-electron chi connectivity index (χ0n) is 24.6. The number of nitrogen functional groups attached to an aromatic ring is 1. The number of hydrogen-bond acceptors (Lipinski definition) is 10. The number of nitrogens with two attached hydrogens (primary N) is 1. The minimum atomic E-state index is -3.69. The molecule has 0 aliphatic carbocycles. The third-order valence-electron chi connectivity index (χ3n) is 6.12. The third-order valence-corrected chi connectivity index (χ3v) is 8.36. The van der Waals surface area contributed by atoms with E-state index >= 15 is 0 Å². The van der Waals surface area contributed by atoms with Crippen molar-refractivity contribution in [3.63, 3.8) is 0 Å². The number of ether oxygens (including phenoxy) is 3. The molecule has 0 unspecified atom stereocenters. The van der Waals surface area contributed by atoms with Gasteiger partial charge in [-0.2, -0.15) is 0 Å². The average Bonchev–Trinajstić information content (AvgIpc) is 3.31. The third kappa shape index (κ3) is 10.4. The van der Waals surface area contributed by atoms with E-state index in [-0.39, 0.29) is 25.4 Å². The van der Waals surface area contributed by atoms with Crippen molar-refractivity contribution in [1.29, 1.82) is 0 Å². The summed E-state index contributed by atoms with van der Waals surface area (Å²) in [5, 5.41) is 5.76. The maximum absolute atomic E-state index is 14.1. The molecule has 0 aliphatic heterocycles. The molecule has 40 heavy (non-hydrogen) atoms. The van der Waals surface area contributed by atoms with E-state index in [1.54, 1.807) is 38.6 Å². The molecule has 2 aromatic heterocycles. The Morgan fingerprint density at radius 1 is 1.05 bits per heavy atom. The molecule has 4 N–H and O–H groups in total. The number of carbonyl (C=O) groups is 2. The van der Waals surface area contributed by atoms with Crippen LogP contribution in [0.15, 0.2) is 12.7 Å². The number of nitrogens with zero attached hydrogens (tertiary/aromatic N) is 4. The van der Waals surface area contributed by atoms with E-state index in [1.165, 1.54) is 6.33 Å². The van der Waals surface area contributed by atoms with Gasteiger partial charge >= 0.3 is 11.9 Å². The van der Waals surface area contributed by atoms with Gasteiger partial charge in [-0.1, -0.05) is 39.5 Å². The van der Waals surface area contributed by atoms with Gasteiger partial charge in [0.25, 0.3) is 0 Å². The van der Waals surface area contributed by atoms with Gasteiger partial charge in [-0.05, 0) is 40.5 Å². The van der Waals surface area contributed by atoms with Crippen LogP contribution in [0.3, 0.4) is 0 Å². The fraction of sp³-hybridized carbons (Fsp3) is 0.731. The number of imidazole rings is 1. The molecule has 0 saturated heterocycles. The normalized spacial score (nSPS) is 14.9. The number of aromatic nitrogens is 4. The van der Waals surface area contributed by atoms with Crippen molar-refractivity contribution in [2.24, 2.45) is 0 Å². The molecule has 2 heterocycles. The van der Waals surface area contributed by atoms with E-state index in [9.17, 15) is 14.2 Å². The standard InChI is InChI=1S/C26H46N7O6P/c1-7-9-11-13-37-24(34)20(4)31-40(36,32-26(5,6)25(35)38-14-12-10-8-2)18-39-19(3)15-33-17-30-21-22(27)28-16-29-23(21)33/h16-17,19-20H,7-15,18H2,1-6H3,(H2,27,28,29)(H2,31,32,36)/t19-,20-,40+/m1/s1. The van der Waals surface area contributed by atoms with E-state index in [0.717, 1.165) is 38.5 Å². The lowest BCUT2D eigenvalue weighted by Gasteiger charge is -2.32. The number of rotatable bonds is 19. The quantitative estimate of drug-likeness (QED) is 0.124. The van der Waals surface area contributed by atoms with Crippen molar-refractivity contribution in [1.82, 2.24) is 29.7 Å². The molecule has 0 radical (unpaired) electrons. The SMILES string of the molecule is CCCCCOC(=O)[C@@H](C)N[P@@](=O)(CO[C@H](C)Cn1cnc2c(N)ncnc21)NC(C)(C)C(=O)OCCCCC. The van der Waals surface area contributed by atoms with Gasteiger partial charge in [0, 0.05) is 0 Å². The lowest BCUT2D eigenvalue weighted by atomic mass is 10.1. The molecule has 3 atom stereocenters. The molecule has 0 saturated carbocycles. The first kappa shape index (κ1) is 33.6. The predicted molar refractivity (Wildman–Crippen MR) is 154 cm³/mol. The van der Waals surface area contributed by atoms with Crippen LogP contribution in [-0.2, 0) is 34.9 Å². The first-order valence-electron chi connectivity index (χ1n) is 14.0. The average molecular weight is 584 g/mol. The molecule has 13 nitrogen and oxygen atoms in total. The maximum Gasteiger partial charge on any atom is 0.326 e. The summed E-state index contributed by atoms with van der Waals surface area (Å²) in [5.74, 6) is -0.807. The van der Waals surface area contributed by atoms with Crippen LogP contribution in [0, 0.1) is 0 Å². The Labute approximate surface area is 236 Å². The van der Waals surface area contributed by atoms with Crippen LogP contribution in [-0.4, -0.2) is 68.7 Å². The first-order chi connectivity index (χ1) is 18.9. The minimum Gasteiger partial charge on any atom is -0.465 e. The summed E-state index contributed by atoms with van der Waals surface area (Å²) in [4.78, 5) is 37.9. The summed E-state index contributed by atoms with van der Waals surface area (Å²) >= 11 is 0. The van der Waals surface area contributed by atoms with Crippen LogP contribution >= 0.6 is 7.44 Å². The van der Waals surface area contributed by atoms with Gasteiger partial charge in [0.05, 0.1) is 32.2 Å². The molecule has 0 fully saturated rings. The zero-order valence-corrected chi connectivity index (χ0v) is 25.5. The Kier molecular flexibility index (Phi) is 13.4. The number of hydrogen-bond donors (Lipinski definition) is 3. The lowest BCUT2D eigenvalue weighted by molar-refractivity contribution is -0.149. The van der Waals surface area contributed by atoms with Gasteiger partial charge < -0.3 is 24.5 Å². The van der Waals surface area contributed by atoms with E-state index in [0.29, 0.717) is 17.7 Å². The maximum atomic E-state index is 14.1. The summed E-state index contributed by atoms with van der Waals surface area (Å²) in [6, 6.07) is -0.910. The Bertz CT molecular complexity index is 1140. The Morgan fingerprint density at radius 2 is 1.70 bits per heavy atom. The van der Waals surface area contributed by atoms with Gasteiger partial charge in [-0.3, -0.25) is 14.2 Å². The van der Waals surface area contributed by atoms with E-state index < -0.39 is 37.1 Å². The van der Waals surface area contributed by atoms with Crippen LogP contribution in [0.25, 0.3) is 11.2 Å². The number of unbranched alkanes of at least 4 members (excludes halogenated alkanes) is 4. The molecule has 226 valence electrons. The highest BCUT2D eigenvalue weighted by atomic mass is 31.2. The molecular formula is C26H46N7O6P. The van der Waals surface area contributed by atoms with E-state index in [2.05, 4.69) is 39.0 Å². The number of carbonyl (C=O) groups excluding carboxylic acids is 2. The van der Waals surface area contributed by atoms with Gasteiger partial charge in [0.15, 0.2) is 11.5 Å². The molecule has 0 aromatic carbocycles. The van der Waals surface area contributed by atoms with Crippen LogP contribution in [0.1, 0.15) is 80.1 Å². The Morgan fingerprint density at radius 3 is 2.35 bits per heavy atom. The van der Waals surface area contributed by atoms with E-state index in [4.69, 9.17) is 19.9 Å². The number of esters is 2. The van der Waals surface area contributed by atoms with Crippen molar-refractivity contribution < 1.29 is 28.4 Å². The Hall–Kier alpha value is -2.60. The van der Waals surface area contributed by atoms with Gasteiger partial charge in [0.2, 0.25) is 7.44 Å². The lowest BCUT2D eigenvalue weighted by Crippen LogP contribution is -2.50. The number of nitrogens with one attached hydrogen (secondary N) is 2. The first-order valence-corrected chi connectivity index (χ1v) is 15.8. The predicted octanol–water partition coefficient (Wildman–Crippen LogP) is 3.78. The van der Waals surface area contributed by atoms with Crippen LogP contribution in [0.4, 0.5) is 5.82 Å². The molecule has 0 aliphatic rings. The van der Waals surface area contributed by atoms with Crippen LogP contribution in [0.5, 0.6) is 0 Å². The zero-order chi connectivity index (χ0) is 29.8. The summed E-state index contributed by atoms with van der Waals surface area (Å²) in [5.41, 5.74) is 5.59. The highest BCUT2D eigenvalue weighted by Crippen LogP contribution is 2.40. The van der Waals surface area contributed by atoms with Gasteiger partial charge in [-0.25, -0.2) is 25.1 Å². The monoisotopic (exact) mass is 583 g/mol. The van der Waals surface area contributed by atoms with Crippen molar-refractivity contribution in [3.05, 3.63) is 12.7 Å². The minimum absolute atomic E-state index is 0.273. The summed E-state index contributed by atoms with van der Waals surface area (Å²) in [7, 11) is -3.69. The molecule has 0 amide bonds. The van der Waals surface area contributed by atoms with Gasteiger partial charge in [-0.15, -0.1) is 0 Å². The molecule has 14 heteroatoms. The smallest absolute Gasteiger partial charge is 0.326 e. The number of fused-ring (bicyclic) bond motifs is 1. The molecule has 2 rings (SSSR count). The van der Waals surface area contributed by atoms with E-state index in [1.807, 2.05) is 0 Å². The summed E-state index contributed by atoms with van der Waals surface area (Å²) in [6.07, 6.45) is 7.57. The number of anilines is 1. The second-order valence-electron chi connectivity index (χ2n) is 10.5. The van der Waals surface area contributed by atoms with Crippen LogP contribution in [0.2, 0.25) is 0 Å². The van der Waals surface area contributed by atoms with Crippen molar-refractivity contribution in [2.45, 2.75) is 104 Å². The molecular weight excluding hydrogens is 537 g/mol. The topological polar surface area (TPSA) is 173 Å². The highest BCUT2D eigenvalue weighted by Gasteiger charge is 2.39. The largest absolute Gasteiger partial charge is 0.465 e. The van der Waals surface area contributed by atoms with Gasteiger partial charge in [0.1, 0.15) is 29.8 Å². The fourth-order valence-electron chi connectivity index (χ4n) is 3.91. The highest BCUT2D eigenvalue weighted by molar-refractivity contribution is 7.59. The fourth-order valence-corrected chi connectivity index (χ4v) is 6.30. The van der Waals surface area contributed by atoms with Crippen molar-refractivity contribution >= 4 is 36.4 Å². The second-order valence-corrected chi connectivity index (χ2v) is 12.7. The molecule has 0 spiro atoms. The van der Waals surface area contributed by atoms with Crippen LogP contribution < -0.4 is 15.9 Å². The van der Waals surface area contributed by atoms with Crippen molar-refractivity contribution in [3.8, 4) is 0 Å². The summed E-state index contributed by atoms with van der Waals surface area (Å²) < 4.78 is 32.6. The summed E-state index contributed by atoms with van der Waals surface area (Å²) in [6.45, 7) is 11.6. The Balaban J connectivity index is 2.11. The molecule has 0 bridgehead atoms.